The molecule has 1 aromatic carbocycles. The lowest BCUT2D eigenvalue weighted by molar-refractivity contribution is 0.0692. The van der Waals surface area contributed by atoms with Gasteiger partial charge >= 0.3 is 5.97 Å². The Kier molecular flexibility index (Phi) is 5.01. The minimum Gasteiger partial charge on any atom is -0.493 e. The van der Waals surface area contributed by atoms with Gasteiger partial charge in [0.15, 0.2) is 0 Å². The number of aryl methyl sites for hydroxylation is 1. The van der Waals surface area contributed by atoms with Crippen LogP contribution in [0, 0.1) is 12.8 Å². The van der Waals surface area contributed by atoms with E-state index in [2.05, 4.69) is 13.8 Å². The monoisotopic (exact) mass is 236 g/mol. The molecule has 0 amide bonds. The van der Waals surface area contributed by atoms with Gasteiger partial charge in [0, 0.05) is 0 Å². The van der Waals surface area contributed by atoms with Crippen LogP contribution in [0.4, 0.5) is 0 Å². The Labute approximate surface area is 102 Å². The van der Waals surface area contributed by atoms with E-state index in [1.807, 2.05) is 13.0 Å². The molecule has 0 unspecified atom stereocenters. The number of carboxylic acid groups (broad SMARTS) is 1. The van der Waals surface area contributed by atoms with E-state index in [0.717, 1.165) is 18.4 Å². The largest absolute Gasteiger partial charge is 0.493 e. The molecule has 17 heavy (non-hydrogen) atoms. The standard InChI is InChI=1S/C14H20O3/c1-10(2)5-4-8-17-13-7-6-11(3)9-12(13)14(15)16/h6-7,9-10H,4-5,8H2,1-3H3,(H,15,16). The molecule has 3 nitrogen and oxygen atoms in total. The smallest absolute Gasteiger partial charge is 0.339 e. The van der Waals surface area contributed by atoms with E-state index < -0.39 is 5.97 Å². The highest BCUT2D eigenvalue weighted by Gasteiger charge is 2.11. The summed E-state index contributed by atoms with van der Waals surface area (Å²) in [5.41, 5.74) is 1.17. The molecule has 0 spiro atoms. The van der Waals surface area contributed by atoms with Gasteiger partial charge in [-0.2, -0.15) is 0 Å². The topological polar surface area (TPSA) is 46.5 Å². The first-order valence-corrected chi connectivity index (χ1v) is 5.97. The number of aromatic carboxylic acids is 1. The number of carboxylic acids is 1. The number of hydrogen-bond donors (Lipinski definition) is 1. The summed E-state index contributed by atoms with van der Waals surface area (Å²) in [6.07, 6.45) is 2.04. The van der Waals surface area contributed by atoms with Gasteiger partial charge in [0.1, 0.15) is 11.3 Å². The van der Waals surface area contributed by atoms with E-state index in [4.69, 9.17) is 9.84 Å². The lowest BCUT2D eigenvalue weighted by Gasteiger charge is -2.10. The summed E-state index contributed by atoms with van der Waals surface area (Å²) < 4.78 is 5.52. The van der Waals surface area contributed by atoms with Gasteiger partial charge in [-0.3, -0.25) is 0 Å². The molecule has 94 valence electrons. The predicted octanol–water partition coefficient (Wildman–Crippen LogP) is 3.51. The second-order valence-corrected chi connectivity index (χ2v) is 4.69. The third-order valence-electron chi connectivity index (χ3n) is 2.55. The van der Waals surface area contributed by atoms with Crippen LogP contribution in [-0.4, -0.2) is 17.7 Å². The number of ether oxygens (including phenoxy) is 1. The number of rotatable bonds is 6. The molecule has 1 rings (SSSR count). The Balaban J connectivity index is 2.61. The first kappa shape index (κ1) is 13.6. The summed E-state index contributed by atoms with van der Waals surface area (Å²) in [6.45, 7) is 6.76. The van der Waals surface area contributed by atoms with Crippen LogP contribution in [0.15, 0.2) is 18.2 Å². The summed E-state index contributed by atoms with van der Waals surface area (Å²) >= 11 is 0. The molecule has 0 atom stereocenters. The summed E-state index contributed by atoms with van der Waals surface area (Å²) in [5, 5.41) is 9.05. The van der Waals surface area contributed by atoms with Crippen molar-refractivity contribution in [3.63, 3.8) is 0 Å². The van der Waals surface area contributed by atoms with Crippen molar-refractivity contribution >= 4 is 5.97 Å². The van der Waals surface area contributed by atoms with Gasteiger partial charge in [-0.15, -0.1) is 0 Å². The third kappa shape index (κ3) is 4.47. The molecule has 0 fully saturated rings. The highest BCUT2D eigenvalue weighted by molar-refractivity contribution is 5.91. The van der Waals surface area contributed by atoms with Gasteiger partial charge in [0.2, 0.25) is 0 Å². The van der Waals surface area contributed by atoms with Crippen molar-refractivity contribution in [2.24, 2.45) is 5.92 Å². The van der Waals surface area contributed by atoms with Gasteiger partial charge in [-0.1, -0.05) is 25.5 Å². The molecule has 0 aliphatic carbocycles. The summed E-state index contributed by atoms with van der Waals surface area (Å²) in [5.74, 6) is 0.176. The van der Waals surface area contributed by atoms with Crippen molar-refractivity contribution in [2.75, 3.05) is 6.61 Å². The molecule has 0 saturated carbocycles. The van der Waals surface area contributed by atoms with E-state index in [-0.39, 0.29) is 5.56 Å². The highest BCUT2D eigenvalue weighted by atomic mass is 16.5. The quantitative estimate of drug-likeness (QED) is 0.769. The maximum Gasteiger partial charge on any atom is 0.339 e. The average Bonchev–Trinajstić information content (AvgIpc) is 2.25. The van der Waals surface area contributed by atoms with Crippen LogP contribution >= 0.6 is 0 Å². The lowest BCUT2D eigenvalue weighted by atomic mass is 10.1. The van der Waals surface area contributed by atoms with Crippen molar-refractivity contribution < 1.29 is 14.6 Å². The van der Waals surface area contributed by atoms with E-state index in [1.165, 1.54) is 0 Å². The van der Waals surface area contributed by atoms with Gasteiger partial charge in [0.25, 0.3) is 0 Å². The molecule has 0 heterocycles. The van der Waals surface area contributed by atoms with Crippen LogP contribution in [0.25, 0.3) is 0 Å². The minimum absolute atomic E-state index is 0.245. The summed E-state index contributed by atoms with van der Waals surface area (Å²) in [6, 6.07) is 5.23. The van der Waals surface area contributed by atoms with Crippen LogP contribution in [-0.2, 0) is 0 Å². The Morgan fingerprint density at radius 3 is 2.71 bits per heavy atom. The molecule has 0 aromatic heterocycles. The fraction of sp³-hybridized carbons (Fsp3) is 0.500. The Hall–Kier alpha value is -1.51. The molecule has 0 bridgehead atoms. The second kappa shape index (κ2) is 6.28. The van der Waals surface area contributed by atoms with Gasteiger partial charge in [-0.05, 0) is 37.8 Å². The molecule has 1 N–H and O–H groups in total. The molecule has 0 aliphatic rings. The summed E-state index contributed by atoms with van der Waals surface area (Å²) in [7, 11) is 0. The van der Waals surface area contributed by atoms with Gasteiger partial charge < -0.3 is 9.84 Å². The number of hydrogen-bond acceptors (Lipinski definition) is 2. The van der Waals surface area contributed by atoms with Crippen LogP contribution in [0.3, 0.4) is 0 Å². The zero-order chi connectivity index (χ0) is 12.8. The Morgan fingerprint density at radius 1 is 1.41 bits per heavy atom. The van der Waals surface area contributed by atoms with Crippen molar-refractivity contribution in [3.8, 4) is 5.75 Å². The zero-order valence-electron chi connectivity index (χ0n) is 10.7. The SMILES string of the molecule is Cc1ccc(OCCCC(C)C)c(C(=O)O)c1. The highest BCUT2D eigenvalue weighted by Crippen LogP contribution is 2.20. The fourth-order valence-electron chi connectivity index (χ4n) is 1.61. The van der Waals surface area contributed by atoms with Crippen LogP contribution in [0.2, 0.25) is 0 Å². The summed E-state index contributed by atoms with van der Waals surface area (Å²) in [4.78, 5) is 11.0. The van der Waals surface area contributed by atoms with Crippen molar-refractivity contribution in [1.29, 1.82) is 0 Å². The zero-order valence-corrected chi connectivity index (χ0v) is 10.7. The fourth-order valence-corrected chi connectivity index (χ4v) is 1.61. The molecule has 1 aromatic rings. The first-order valence-electron chi connectivity index (χ1n) is 5.97. The van der Waals surface area contributed by atoms with Crippen molar-refractivity contribution in [1.82, 2.24) is 0 Å². The number of carbonyl (C=O) groups is 1. The Morgan fingerprint density at radius 2 is 2.12 bits per heavy atom. The van der Waals surface area contributed by atoms with Gasteiger partial charge in [-0.25, -0.2) is 4.79 Å². The lowest BCUT2D eigenvalue weighted by Crippen LogP contribution is -2.05. The van der Waals surface area contributed by atoms with E-state index in [0.29, 0.717) is 18.3 Å². The maximum absolute atomic E-state index is 11.0. The molecule has 0 aliphatic heterocycles. The normalized spacial score (nSPS) is 10.6. The molecular weight excluding hydrogens is 216 g/mol. The predicted molar refractivity (Wildman–Crippen MR) is 67.7 cm³/mol. The van der Waals surface area contributed by atoms with Crippen molar-refractivity contribution in [3.05, 3.63) is 29.3 Å². The third-order valence-corrected chi connectivity index (χ3v) is 2.55. The van der Waals surface area contributed by atoms with Gasteiger partial charge in [0.05, 0.1) is 6.61 Å². The van der Waals surface area contributed by atoms with Crippen LogP contribution < -0.4 is 4.74 Å². The average molecular weight is 236 g/mol. The van der Waals surface area contributed by atoms with Crippen LogP contribution in [0.1, 0.15) is 42.6 Å². The molecular formula is C14H20O3. The molecule has 0 radical (unpaired) electrons. The maximum atomic E-state index is 11.0. The Bertz CT molecular complexity index is 383. The van der Waals surface area contributed by atoms with E-state index in [1.54, 1.807) is 12.1 Å². The minimum atomic E-state index is -0.937. The van der Waals surface area contributed by atoms with Crippen LogP contribution in [0.5, 0.6) is 5.75 Å². The van der Waals surface area contributed by atoms with E-state index >= 15 is 0 Å². The second-order valence-electron chi connectivity index (χ2n) is 4.69. The number of benzene rings is 1. The van der Waals surface area contributed by atoms with E-state index in [9.17, 15) is 4.79 Å². The first-order chi connectivity index (χ1) is 8.00. The molecule has 0 saturated heterocycles. The van der Waals surface area contributed by atoms with Crippen molar-refractivity contribution in [2.45, 2.75) is 33.6 Å². The molecule has 3 heteroatoms.